The molecule has 2 aliphatic heterocycles. The number of ether oxygens (including phenoxy) is 1. The second-order valence-corrected chi connectivity index (χ2v) is 6.79. The van der Waals surface area contributed by atoms with Crippen molar-refractivity contribution in [3.8, 4) is 5.75 Å². The maximum absolute atomic E-state index is 12.9. The highest BCUT2D eigenvalue weighted by Gasteiger charge is 2.46. The maximum atomic E-state index is 12.9. The van der Waals surface area contributed by atoms with Gasteiger partial charge in [0.2, 0.25) is 11.8 Å². The van der Waals surface area contributed by atoms with Gasteiger partial charge in [-0.05, 0) is 31.9 Å². The van der Waals surface area contributed by atoms with Crippen LogP contribution < -0.4 is 15.4 Å². The first-order valence-corrected chi connectivity index (χ1v) is 9.10. The van der Waals surface area contributed by atoms with Crippen molar-refractivity contribution in [2.24, 2.45) is 0 Å². The summed E-state index contributed by atoms with van der Waals surface area (Å²) in [7, 11) is 0. The van der Waals surface area contributed by atoms with E-state index in [2.05, 4.69) is 10.6 Å². The Balaban J connectivity index is 1.79. The minimum Gasteiger partial charge on any atom is -0.483 e. The molecule has 2 atom stereocenters. The van der Waals surface area contributed by atoms with E-state index in [9.17, 15) is 24.0 Å². The average molecular weight is 387 g/mol. The van der Waals surface area contributed by atoms with Gasteiger partial charge in [-0.15, -0.1) is 0 Å². The number of hydrogen-bond donors (Lipinski definition) is 2. The van der Waals surface area contributed by atoms with Gasteiger partial charge in [-0.2, -0.15) is 0 Å². The van der Waals surface area contributed by atoms with Crippen molar-refractivity contribution in [1.82, 2.24) is 15.5 Å². The van der Waals surface area contributed by atoms with Gasteiger partial charge in [-0.1, -0.05) is 13.0 Å². The number of rotatable bonds is 6. The third-order valence-electron chi connectivity index (χ3n) is 4.81. The zero-order valence-electron chi connectivity index (χ0n) is 15.6. The molecule has 0 aliphatic carbocycles. The Morgan fingerprint density at radius 3 is 2.71 bits per heavy atom. The third-order valence-corrected chi connectivity index (χ3v) is 4.81. The molecule has 2 N–H and O–H groups in total. The molecule has 9 nitrogen and oxygen atoms in total. The molecule has 3 rings (SSSR count). The van der Waals surface area contributed by atoms with E-state index in [4.69, 9.17) is 4.74 Å². The van der Waals surface area contributed by atoms with Crippen LogP contribution in [-0.4, -0.2) is 53.1 Å². The molecule has 0 aromatic heterocycles. The van der Waals surface area contributed by atoms with Gasteiger partial charge in [0.1, 0.15) is 11.8 Å². The van der Waals surface area contributed by atoms with Gasteiger partial charge in [-0.3, -0.25) is 34.2 Å². The van der Waals surface area contributed by atoms with Gasteiger partial charge in [0.05, 0.1) is 11.1 Å². The van der Waals surface area contributed by atoms with Crippen LogP contribution in [0.1, 0.15) is 53.8 Å². The van der Waals surface area contributed by atoms with E-state index in [1.165, 1.54) is 12.1 Å². The molecule has 9 heteroatoms. The zero-order chi connectivity index (χ0) is 20.4. The highest BCUT2D eigenvalue weighted by molar-refractivity contribution is 6.24. The lowest BCUT2D eigenvalue weighted by molar-refractivity contribution is -0.136. The fourth-order valence-electron chi connectivity index (χ4n) is 3.17. The van der Waals surface area contributed by atoms with E-state index in [1.54, 1.807) is 6.07 Å². The fourth-order valence-corrected chi connectivity index (χ4v) is 3.17. The summed E-state index contributed by atoms with van der Waals surface area (Å²) >= 11 is 0. The highest BCUT2D eigenvalue weighted by Crippen LogP contribution is 2.33. The molecule has 148 valence electrons. The van der Waals surface area contributed by atoms with Crippen LogP contribution in [-0.2, 0) is 14.4 Å². The number of hydrogen-bond acceptors (Lipinski definition) is 6. The van der Waals surface area contributed by atoms with Crippen LogP contribution in [0.4, 0.5) is 0 Å². The normalized spacial score (nSPS) is 19.9. The Morgan fingerprint density at radius 1 is 1.29 bits per heavy atom. The van der Waals surface area contributed by atoms with E-state index in [0.29, 0.717) is 0 Å². The summed E-state index contributed by atoms with van der Waals surface area (Å²) < 4.78 is 5.49. The number of imide groups is 2. The maximum Gasteiger partial charge on any atom is 0.266 e. The van der Waals surface area contributed by atoms with Crippen molar-refractivity contribution < 1.29 is 28.7 Å². The van der Waals surface area contributed by atoms with Crippen LogP contribution in [0.2, 0.25) is 0 Å². The van der Waals surface area contributed by atoms with E-state index in [1.807, 2.05) is 13.8 Å². The largest absolute Gasteiger partial charge is 0.483 e. The summed E-state index contributed by atoms with van der Waals surface area (Å²) in [6.07, 6.45) is 0.882. The minimum absolute atomic E-state index is 0.0104. The molecule has 5 amide bonds. The van der Waals surface area contributed by atoms with Gasteiger partial charge < -0.3 is 10.1 Å². The molecule has 1 aromatic rings. The van der Waals surface area contributed by atoms with Crippen LogP contribution in [0.25, 0.3) is 0 Å². The van der Waals surface area contributed by atoms with Crippen molar-refractivity contribution in [2.75, 3.05) is 6.61 Å². The second kappa shape index (κ2) is 7.79. The number of nitrogens with one attached hydrogen (secondary N) is 2. The molecule has 0 bridgehead atoms. The Morgan fingerprint density at radius 2 is 2.04 bits per heavy atom. The molecule has 0 saturated carbocycles. The van der Waals surface area contributed by atoms with Crippen molar-refractivity contribution >= 4 is 29.5 Å². The fraction of sp³-hybridized carbons (Fsp3) is 0.421. The van der Waals surface area contributed by atoms with Gasteiger partial charge in [0.15, 0.2) is 6.61 Å². The van der Waals surface area contributed by atoms with Crippen LogP contribution in [0.3, 0.4) is 0 Å². The van der Waals surface area contributed by atoms with E-state index < -0.39 is 29.7 Å². The molecular weight excluding hydrogens is 366 g/mol. The minimum atomic E-state index is -1.05. The summed E-state index contributed by atoms with van der Waals surface area (Å²) in [6, 6.07) is 3.44. The van der Waals surface area contributed by atoms with Gasteiger partial charge in [0, 0.05) is 12.5 Å². The number of carbonyl (C=O) groups excluding carboxylic acids is 5. The second-order valence-electron chi connectivity index (χ2n) is 6.79. The quantitative estimate of drug-likeness (QED) is 0.681. The summed E-state index contributed by atoms with van der Waals surface area (Å²) in [4.78, 5) is 61.8. The lowest BCUT2D eigenvalue weighted by Crippen LogP contribution is -2.54. The van der Waals surface area contributed by atoms with Gasteiger partial charge in [0.25, 0.3) is 17.7 Å². The summed E-state index contributed by atoms with van der Waals surface area (Å²) in [5.41, 5.74) is 0.128. The van der Waals surface area contributed by atoms with Crippen LogP contribution in [0.15, 0.2) is 18.2 Å². The van der Waals surface area contributed by atoms with E-state index in [0.717, 1.165) is 11.3 Å². The first-order valence-electron chi connectivity index (χ1n) is 9.10. The number of benzene rings is 1. The molecule has 2 heterocycles. The molecule has 2 unspecified atom stereocenters. The lowest BCUT2D eigenvalue weighted by Gasteiger charge is -2.27. The van der Waals surface area contributed by atoms with Crippen molar-refractivity contribution in [1.29, 1.82) is 0 Å². The molecule has 2 aliphatic rings. The smallest absolute Gasteiger partial charge is 0.266 e. The standard InChI is InChI=1S/C19H21N3O6/c1-3-10(2)20-15(24)9-28-13-6-4-5-11-16(13)19(27)22(18(11)26)12-7-8-14(23)21-17(12)25/h4-6,10,12H,3,7-9H2,1-2H3,(H,20,24)(H,21,23,25). The predicted molar refractivity (Wildman–Crippen MR) is 96.5 cm³/mol. The first kappa shape index (κ1) is 19.5. The third kappa shape index (κ3) is 3.60. The monoisotopic (exact) mass is 387 g/mol. The van der Waals surface area contributed by atoms with Gasteiger partial charge in [-0.25, -0.2) is 0 Å². The topological polar surface area (TPSA) is 122 Å². The Hall–Kier alpha value is -3.23. The predicted octanol–water partition coefficient (Wildman–Crippen LogP) is 0.381. The lowest BCUT2D eigenvalue weighted by atomic mass is 10.0. The number of piperidine rings is 1. The molecule has 0 spiro atoms. The SMILES string of the molecule is CCC(C)NC(=O)COc1cccc2c1C(=O)N(C1CCC(=O)NC1=O)C2=O. The Kier molecular flexibility index (Phi) is 5.43. The molecule has 1 fully saturated rings. The first-order chi connectivity index (χ1) is 13.3. The van der Waals surface area contributed by atoms with Crippen molar-refractivity contribution in [3.63, 3.8) is 0 Å². The van der Waals surface area contributed by atoms with Gasteiger partial charge >= 0.3 is 0 Å². The summed E-state index contributed by atoms with van der Waals surface area (Å²) in [5, 5.41) is 4.89. The van der Waals surface area contributed by atoms with Crippen molar-refractivity contribution in [2.45, 2.75) is 45.2 Å². The van der Waals surface area contributed by atoms with Crippen LogP contribution in [0.5, 0.6) is 5.75 Å². The van der Waals surface area contributed by atoms with E-state index in [-0.39, 0.29) is 48.3 Å². The molecule has 1 saturated heterocycles. The molecule has 0 radical (unpaired) electrons. The summed E-state index contributed by atoms with van der Waals surface area (Å²) in [5.74, 6) is -2.65. The molecule has 28 heavy (non-hydrogen) atoms. The van der Waals surface area contributed by atoms with Crippen LogP contribution in [0, 0.1) is 0 Å². The number of amides is 5. The number of fused-ring (bicyclic) bond motifs is 1. The zero-order valence-corrected chi connectivity index (χ0v) is 15.6. The Bertz CT molecular complexity index is 865. The highest BCUT2D eigenvalue weighted by atomic mass is 16.5. The molecule has 1 aromatic carbocycles. The average Bonchev–Trinajstić information content (AvgIpc) is 2.91. The van der Waals surface area contributed by atoms with E-state index >= 15 is 0 Å². The number of carbonyl (C=O) groups is 5. The van der Waals surface area contributed by atoms with Crippen LogP contribution >= 0.6 is 0 Å². The molecular formula is C19H21N3O6. The Labute approximate surface area is 161 Å². The number of nitrogens with zero attached hydrogens (tertiary/aromatic N) is 1. The summed E-state index contributed by atoms with van der Waals surface area (Å²) in [6.45, 7) is 3.49. The van der Waals surface area contributed by atoms with Crippen molar-refractivity contribution in [3.05, 3.63) is 29.3 Å².